The standard InChI is InChI=1S/C16H13FN2O2S/c1-11-18-15(10-22-11)16(20)19(9-14-3-2-8-21-14)13-6-4-12(17)5-7-13/h2-8,10H,9H2,1H3. The maximum Gasteiger partial charge on any atom is 0.278 e. The van der Waals surface area contributed by atoms with Gasteiger partial charge in [0.2, 0.25) is 0 Å². The van der Waals surface area contributed by atoms with Crippen molar-refractivity contribution in [2.24, 2.45) is 0 Å². The molecule has 0 aliphatic carbocycles. The van der Waals surface area contributed by atoms with E-state index >= 15 is 0 Å². The van der Waals surface area contributed by atoms with Crippen molar-refractivity contribution in [1.29, 1.82) is 0 Å². The second kappa shape index (κ2) is 6.11. The molecule has 4 nitrogen and oxygen atoms in total. The third kappa shape index (κ3) is 3.07. The molecule has 2 heterocycles. The Labute approximate surface area is 130 Å². The first-order valence-electron chi connectivity index (χ1n) is 6.65. The Kier molecular flexibility index (Phi) is 4.02. The van der Waals surface area contributed by atoms with E-state index in [1.807, 2.05) is 6.92 Å². The Bertz CT molecular complexity index is 766. The number of rotatable bonds is 4. The monoisotopic (exact) mass is 316 g/mol. The fourth-order valence-electron chi connectivity index (χ4n) is 2.06. The zero-order chi connectivity index (χ0) is 15.5. The molecule has 0 spiro atoms. The number of carbonyl (C=O) groups excluding carboxylic acids is 1. The molecule has 6 heteroatoms. The van der Waals surface area contributed by atoms with Crippen molar-refractivity contribution in [3.05, 3.63) is 70.3 Å². The minimum atomic E-state index is -0.348. The van der Waals surface area contributed by atoms with Crippen LogP contribution in [0.1, 0.15) is 21.3 Å². The number of amides is 1. The number of halogens is 1. The van der Waals surface area contributed by atoms with Crippen molar-refractivity contribution in [2.75, 3.05) is 4.90 Å². The number of hydrogen-bond acceptors (Lipinski definition) is 4. The maximum atomic E-state index is 13.1. The number of benzene rings is 1. The minimum Gasteiger partial charge on any atom is -0.467 e. The molecule has 0 bridgehead atoms. The molecule has 2 aromatic heterocycles. The van der Waals surface area contributed by atoms with Crippen LogP contribution in [0.15, 0.2) is 52.5 Å². The van der Waals surface area contributed by atoms with Crippen LogP contribution in [0.3, 0.4) is 0 Å². The largest absolute Gasteiger partial charge is 0.467 e. The molecule has 3 rings (SSSR count). The average Bonchev–Trinajstić information content (AvgIpc) is 3.17. The van der Waals surface area contributed by atoms with Crippen LogP contribution in [0.2, 0.25) is 0 Å². The normalized spacial score (nSPS) is 10.6. The number of furan rings is 1. The lowest BCUT2D eigenvalue weighted by molar-refractivity contribution is 0.0979. The Balaban J connectivity index is 1.94. The molecule has 0 unspecified atom stereocenters. The lowest BCUT2D eigenvalue weighted by Gasteiger charge is -2.21. The van der Waals surface area contributed by atoms with Crippen LogP contribution >= 0.6 is 11.3 Å². The molecule has 0 N–H and O–H groups in total. The number of aryl methyl sites for hydroxylation is 1. The van der Waals surface area contributed by atoms with Crippen LogP contribution in [0.25, 0.3) is 0 Å². The summed E-state index contributed by atoms with van der Waals surface area (Å²) in [5, 5.41) is 2.54. The summed E-state index contributed by atoms with van der Waals surface area (Å²) in [6, 6.07) is 9.32. The highest BCUT2D eigenvalue weighted by molar-refractivity contribution is 7.09. The van der Waals surface area contributed by atoms with Gasteiger partial charge in [-0.2, -0.15) is 0 Å². The van der Waals surface area contributed by atoms with E-state index in [0.29, 0.717) is 17.1 Å². The van der Waals surface area contributed by atoms with Crippen molar-refractivity contribution in [1.82, 2.24) is 4.98 Å². The van der Waals surface area contributed by atoms with E-state index in [1.54, 1.807) is 35.9 Å². The molecule has 1 amide bonds. The SMILES string of the molecule is Cc1nc(C(=O)N(Cc2ccco2)c2ccc(F)cc2)cs1. The third-order valence-corrected chi connectivity index (χ3v) is 3.89. The molecule has 0 atom stereocenters. The number of nitrogens with zero attached hydrogens (tertiary/aromatic N) is 2. The van der Waals surface area contributed by atoms with Crippen molar-refractivity contribution in [3.8, 4) is 0 Å². The summed E-state index contributed by atoms with van der Waals surface area (Å²) in [6.07, 6.45) is 1.55. The summed E-state index contributed by atoms with van der Waals surface area (Å²) in [7, 11) is 0. The summed E-state index contributed by atoms with van der Waals surface area (Å²) in [4.78, 5) is 18.5. The average molecular weight is 316 g/mol. The van der Waals surface area contributed by atoms with Gasteiger partial charge in [0.1, 0.15) is 17.3 Å². The maximum absolute atomic E-state index is 13.1. The highest BCUT2D eigenvalue weighted by atomic mass is 32.1. The van der Waals surface area contributed by atoms with Gasteiger partial charge < -0.3 is 4.42 Å². The topological polar surface area (TPSA) is 46.3 Å². The number of thiazole rings is 1. The van der Waals surface area contributed by atoms with E-state index in [4.69, 9.17) is 4.42 Å². The van der Waals surface area contributed by atoms with Gasteiger partial charge in [0.05, 0.1) is 17.8 Å². The second-order valence-electron chi connectivity index (χ2n) is 4.70. The molecule has 0 radical (unpaired) electrons. The Morgan fingerprint density at radius 1 is 1.32 bits per heavy atom. The van der Waals surface area contributed by atoms with Crippen LogP contribution in [0.4, 0.5) is 10.1 Å². The van der Waals surface area contributed by atoms with Gasteiger partial charge in [-0.3, -0.25) is 9.69 Å². The molecule has 22 heavy (non-hydrogen) atoms. The first-order chi connectivity index (χ1) is 10.6. The van der Waals surface area contributed by atoms with Crippen molar-refractivity contribution >= 4 is 22.9 Å². The van der Waals surface area contributed by atoms with Crippen LogP contribution < -0.4 is 4.90 Å². The molecular weight excluding hydrogens is 303 g/mol. The van der Waals surface area contributed by atoms with E-state index in [-0.39, 0.29) is 18.3 Å². The van der Waals surface area contributed by atoms with E-state index in [2.05, 4.69) is 4.98 Å². The highest BCUT2D eigenvalue weighted by Gasteiger charge is 2.21. The zero-order valence-corrected chi connectivity index (χ0v) is 12.6. The Morgan fingerprint density at radius 2 is 2.09 bits per heavy atom. The summed E-state index contributed by atoms with van der Waals surface area (Å²) in [5.74, 6) is 0.0515. The Hall–Kier alpha value is -2.47. The number of aromatic nitrogens is 1. The van der Waals surface area contributed by atoms with Crippen LogP contribution in [0.5, 0.6) is 0 Å². The predicted octanol–water partition coefficient (Wildman–Crippen LogP) is 4.03. The molecule has 0 aliphatic rings. The smallest absolute Gasteiger partial charge is 0.278 e. The Morgan fingerprint density at radius 3 is 2.68 bits per heavy atom. The van der Waals surface area contributed by atoms with Gasteiger partial charge in [-0.05, 0) is 43.3 Å². The quantitative estimate of drug-likeness (QED) is 0.730. The minimum absolute atomic E-state index is 0.243. The summed E-state index contributed by atoms with van der Waals surface area (Å²) < 4.78 is 18.4. The van der Waals surface area contributed by atoms with Crippen molar-refractivity contribution < 1.29 is 13.6 Å². The molecule has 112 valence electrons. The van der Waals surface area contributed by atoms with Crippen molar-refractivity contribution in [2.45, 2.75) is 13.5 Å². The molecule has 0 saturated carbocycles. The van der Waals surface area contributed by atoms with Gasteiger partial charge in [0, 0.05) is 11.1 Å². The molecule has 0 saturated heterocycles. The lowest BCUT2D eigenvalue weighted by Crippen LogP contribution is -2.30. The van der Waals surface area contributed by atoms with E-state index in [0.717, 1.165) is 5.01 Å². The van der Waals surface area contributed by atoms with Gasteiger partial charge in [-0.15, -0.1) is 11.3 Å². The molecule has 3 aromatic rings. The zero-order valence-electron chi connectivity index (χ0n) is 11.8. The first-order valence-corrected chi connectivity index (χ1v) is 7.53. The van der Waals surface area contributed by atoms with Gasteiger partial charge in [0.15, 0.2) is 0 Å². The fraction of sp³-hybridized carbons (Fsp3) is 0.125. The molecular formula is C16H13FN2O2S. The number of carbonyl (C=O) groups is 1. The summed E-state index contributed by atoms with van der Waals surface area (Å²) in [6.45, 7) is 2.10. The second-order valence-corrected chi connectivity index (χ2v) is 5.76. The third-order valence-electron chi connectivity index (χ3n) is 3.12. The van der Waals surface area contributed by atoms with Crippen LogP contribution in [-0.2, 0) is 6.54 Å². The number of hydrogen-bond donors (Lipinski definition) is 0. The lowest BCUT2D eigenvalue weighted by atomic mass is 10.2. The van der Waals surface area contributed by atoms with E-state index in [9.17, 15) is 9.18 Å². The van der Waals surface area contributed by atoms with E-state index in [1.165, 1.54) is 28.4 Å². The number of anilines is 1. The first kappa shape index (κ1) is 14.5. The van der Waals surface area contributed by atoms with Gasteiger partial charge >= 0.3 is 0 Å². The predicted molar refractivity (Wildman–Crippen MR) is 82.5 cm³/mol. The van der Waals surface area contributed by atoms with Crippen molar-refractivity contribution in [3.63, 3.8) is 0 Å². The van der Waals surface area contributed by atoms with Crippen LogP contribution in [0, 0.1) is 12.7 Å². The molecule has 0 aliphatic heterocycles. The molecule has 1 aromatic carbocycles. The summed E-state index contributed by atoms with van der Waals surface area (Å²) in [5.41, 5.74) is 0.965. The van der Waals surface area contributed by atoms with Gasteiger partial charge in [-0.1, -0.05) is 0 Å². The summed E-state index contributed by atoms with van der Waals surface area (Å²) >= 11 is 1.41. The van der Waals surface area contributed by atoms with Gasteiger partial charge in [-0.25, -0.2) is 9.37 Å². The van der Waals surface area contributed by atoms with Crippen LogP contribution in [-0.4, -0.2) is 10.9 Å². The fourth-order valence-corrected chi connectivity index (χ4v) is 2.65. The van der Waals surface area contributed by atoms with Gasteiger partial charge in [0.25, 0.3) is 5.91 Å². The molecule has 0 fully saturated rings. The highest BCUT2D eigenvalue weighted by Crippen LogP contribution is 2.21. The van der Waals surface area contributed by atoms with E-state index < -0.39 is 0 Å².